The summed E-state index contributed by atoms with van der Waals surface area (Å²) in [6, 6.07) is -5.87. The van der Waals surface area contributed by atoms with Crippen LogP contribution in [0.3, 0.4) is 0 Å². The number of carbonyl (C=O) groups is 6. The number of carboxylic acids is 3. The molecule has 0 aliphatic carbocycles. The molecule has 0 rings (SSSR count). The Hall–Kier alpha value is -3.26. The van der Waals surface area contributed by atoms with Gasteiger partial charge in [-0.3, -0.25) is 24.0 Å². The van der Waals surface area contributed by atoms with E-state index in [1.807, 2.05) is 5.32 Å². The molecule has 14 heteroatoms. The molecule has 0 aliphatic heterocycles. The topological polar surface area (TPSA) is 245 Å². The van der Waals surface area contributed by atoms with Crippen LogP contribution in [0.2, 0.25) is 0 Å². The Morgan fingerprint density at radius 1 is 0.818 bits per heavy atom. The zero-order valence-electron chi connectivity index (χ0n) is 18.6. The van der Waals surface area contributed by atoms with Gasteiger partial charge in [0.05, 0.1) is 18.6 Å². The van der Waals surface area contributed by atoms with Crippen LogP contribution in [0.25, 0.3) is 0 Å². The predicted molar refractivity (Wildman–Crippen MR) is 112 cm³/mol. The Kier molecular flexibility index (Phi) is 12.6. The third-order valence-corrected chi connectivity index (χ3v) is 4.86. The van der Waals surface area contributed by atoms with Crippen LogP contribution in [0, 0.1) is 5.92 Å². The molecule has 0 bridgehead atoms. The lowest BCUT2D eigenvalue weighted by Gasteiger charge is -2.28. The number of hydrogen-bond acceptors (Lipinski definition) is 8. The highest BCUT2D eigenvalue weighted by Crippen LogP contribution is 2.10. The van der Waals surface area contributed by atoms with Crippen molar-refractivity contribution in [3.05, 3.63) is 0 Å². The van der Waals surface area contributed by atoms with Crippen molar-refractivity contribution in [2.24, 2.45) is 11.7 Å². The molecule has 3 amide bonds. The first-order valence-electron chi connectivity index (χ1n) is 10.2. The quantitative estimate of drug-likeness (QED) is 0.124. The summed E-state index contributed by atoms with van der Waals surface area (Å²) in [6.07, 6.45) is -2.55. The van der Waals surface area contributed by atoms with Gasteiger partial charge < -0.3 is 42.1 Å². The van der Waals surface area contributed by atoms with Gasteiger partial charge in [-0.1, -0.05) is 20.3 Å². The number of carboxylic acid groups (broad SMARTS) is 3. The number of aliphatic hydroxyl groups excluding tert-OH is 1. The maximum atomic E-state index is 12.8. The fourth-order valence-corrected chi connectivity index (χ4v) is 2.66. The van der Waals surface area contributed by atoms with Crippen LogP contribution >= 0.6 is 0 Å². The van der Waals surface area contributed by atoms with E-state index in [4.69, 9.17) is 21.1 Å². The SMILES string of the molecule is CCC(C)C(NC(=O)C(N)CCC(=O)O)C(=O)NC(C(=O)NC(CC(=O)O)C(=O)O)C(C)O. The van der Waals surface area contributed by atoms with Crippen LogP contribution in [0.1, 0.15) is 46.5 Å². The molecule has 0 saturated heterocycles. The van der Waals surface area contributed by atoms with Crippen molar-refractivity contribution < 1.29 is 49.2 Å². The second-order valence-corrected chi connectivity index (χ2v) is 7.63. The molecule has 0 fully saturated rings. The molecule has 6 atom stereocenters. The van der Waals surface area contributed by atoms with Gasteiger partial charge in [0.25, 0.3) is 0 Å². The standard InChI is InChI=1S/C19H32N4O10/c1-4-8(2)14(22-16(29)10(20)5-6-12(25)26)17(30)23-15(9(3)24)18(31)21-11(19(32)33)7-13(27)28/h8-11,14-15,24H,4-7,20H2,1-3H3,(H,21,31)(H,22,29)(H,23,30)(H,25,26)(H,27,28)(H,32,33). The van der Waals surface area contributed by atoms with E-state index < -0.39 is 78.2 Å². The van der Waals surface area contributed by atoms with Crippen LogP contribution in [-0.4, -0.2) is 86.3 Å². The number of aliphatic hydroxyl groups is 1. The van der Waals surface area contributed by atoms with E-state index in [9.17, 15) is 33.9 Å². The van der Waals surface area contributed by atoms with Gasteiger partial charge in [-0.2, -0.15) is 0 Å². The minimum absolute atomic E-state index is 0.172. The summed E-state index contributed by atoms with van der Waals surface area (Å²) in [5.74, 6) is -7.53. The van der Waals surface area contributed by atoms with Gasteiger partial charge in [-0.25, -0.2) is 4.79 Å². The van der Waals surface area contributed by atoms with E-state index in [-0.39, 0.29) is 12.8 Å². The highest BCUT2D eigenvalue weighted by Gasteiger charge is 2.34. The molecule has 14 nitrogen and oxygen atoms in total. The van der Waals surface area contributed by atoms with E-state index in [0.29, 0.717) is 6.42 Å². The van der Waals surface area contributed by atoms with E-state index in [1.54, 1.807) is 13.8 Å². The van der Waals surface area contributed by atoms with Crippen molar-refractivity contribution in [1.82, 2.24) is 16.0 Å². The summed E-state index contributed by atoms with van der Waals surface area (Å²) in [5.41, 5.74) is 5.66. The molecule has 0 aromatic rings. The molecule has 0 aromatic heterocycles. The molecular weight excluding hydrogens is 444 g/mol. The third-order valence-electron chi connectivity index (χ3n) is 4.86. The van der Waals surface area contributed by atoms with Crippen molar-refractivity contribution in [2.45, 2.75) is 76.7 Å². The molecule has 0 radical (unpaired) electrons. The average molecular weight is 476 g/mol. The summed E-state index contributed by atoms with van der Waals surface area (Å²) in [6.45, 7) is 4.50. The van der Waals surface area contributed by atoms with Crippen molar-refractivity contribution in [3.8, 4) is 0 Å². The number of carbonyl (C=O) groups excluding carboxylic acids is 3. The number of hydrogen-bond donors (Lipinski definition) is 8. The molecule has 0 aliphatic rings. The largest absolute Gasteiger partial charge is 0.481 e. The summed E-state index contributed by atoms with van der Waals surface area (Å²) in [7, 11) is 0. The minimum Gasteiger partial charge on any atom is -0.481 e. The van der Waals surface area contributed by atoms with Crippen molar-refractivity contribution >= 4 is 35.6 Å². The molecule has 6 unspecified atom stereocenters. The Bertz CT molecular complexity index is 742. The smallest absolute Gasteiger partial charge is 0.326 e. The molecule has 0 heterocycles. The van der Waals surface area contributed by atoms with Crippen molar-refractivity contribution in [3.63, 3.8) is 0 Å². The Morgan fingerprint density at radius 2 is 1.33 bits per heavy atom. The van der Waals surface area contributed by atoms with E-state index in [2.05, 4.69) is 10.6 Å². The van der Waals surface area contributed by atoms with Gasteiger partial charge in [-0.05, 0) is 19.3 Å². The van der Waals surface area contributed by atoms with Crippen LogP contribution in [0.4, 0.5) is 0 Å². The van der Waals surface area contributed by atoms with Gasteiger partial charge in [0.1, 0.15) is 18.1 Å². The lowest BCUT2D eigenvalue weighted by molar-refractivity contribution is -0.148. The van der Waals surface area contributed by atoms with E-state index >= 15 is 0 Å². The summed E-state index contributed by atoms with van der Waals surface area (Å²) >= 11 is 0. The average Bonchev–Trinajstić information content (AvgIpc) is 2.71. The molecule has 0 aromatic carbocycles. The minimum atomic E-state index is -1.80. The fourth-order valence-electron chi connectivity index (χ4n) is 2.66. The van der Waals surface area contributed by atoms with Crippen molar-refractivity contribution in [2.75, 3.05) is 0 Å². The van der Waals surface area contributed by atoms with Crippen LogP contribution in [0.5, 0.6) is 0 Å². The Balaban J connectivity index is 5.46. The zero-order chi connectivity index (χ0) is 25.9. The molecule has 188 valence electrons. The fraction of sp³-hybridized carbons (Fsp3) is 0.684. The summed E-state index contributed by atoms with van der Waals surface area (Å²) in [4.78, 5) is 70.2. The van der Waals surface area contributed by atoms with E-state index in [1.165, 1.54) is 0 Å². The Labute approximate surface area is 189 Å². The number of aliphatic carboxylic acids is 3. The number of amides is 3. The first-order chi connectivity index (χ1) is 15.2. The van der Waals surface area contributed by atoms with Gasteiger partial charge in [0.2, 0.25) is 17.7 Å². The summed E-state index contributed by atoms with van der Waals surface area (Å²) < 4.78 is 0. The van der Waals surface area contributed by atoms with Gasteiger partial charge in [-0.15, -0.1) is 0 Å². The molecule has 0 spiro atoms. The molecule has 0 saturated carbocycles. The highest BCUT2D eigenvalue weighted by atomic mass is 16.4. The lowest BCUT2D eigenvalue weighted by Crippen LogP contribution is -2.61. The normalized spacial score (nSPS) is 16.3. The number of nitrogens with two attached hydrogens (primary N) is 1. The second-order valence-electron chi connectivity index (χ2n) is 7.63. The molecule has 9 N–H and O–H groups in total. The van der Waals surface area contributed by atoms with Crippen LogP contribution in [-0.2, 0) is 28.8 Å². The Morgan fingerprint density at radius 3 is 1.76 bits per heavy atom. The second kappa shape index (κ2) is 14.0. The molecular formula is C19H32N4O10. The van der Waals surface area contributed by atoms with Gasteiger partial charge in [0, 0.05) is 6.42 Å². The third kappa shape index (κ3) is 10.7. The number of rotatable bonds is 15. The maximum absolute atomic E-state index is 12.8. The highest BCUT2D eigenvalue weighted by molar-refractivity contribution is 5.95. The van der Waals surface area contributed by atoms with Crippen molar-refractivity contribution in [1.29, 1.82) is 0 Å². The number of nitrogens with one attached hydrogen (secondary N) is 3. The monoisotopic (exact) mass is 476 g/mol. The first kappa shape index (κ1) is 29.7. The van der Waals surface area contributed by atoms with Gasteiger partial charge >= 0.3 is 17.9 Å². The van der Waals surface area contributed by atoms with Gasteiger partial charge in [0.15, 0.2) is 0 Å². The predicted octanol–water partition coefficient (Wildman–Crippen LogP) is -2.38. The maximum Gasteiger partial charge on any atom is 0.326 e. The summed E-state index contributed by atoms with van der Waals surface area (Å²) in [5, 5.41) is 43.1. The zero-order valence-corrected chi connectivity index (χ0v) is 18.6. The first-order valence-corrected chi connectivity index (χ1v) is 10.2. The van der Waals surface area contributed by atoms with Crippen LogP contribution in [0.15, 0.2) is 0 Å². The van der Waals surface area contributed by atoms with E-state index in [0.717, 1.165) is 6.92 Å². The van der Waals surface area contributed by atoms with Crippen LogP contribution < -0.4 is 21.7 Å². The molecule has 33 heavy (non-hydrogen) atoms. The lowest BCUT2D eigenvalue weighted by atomic mass is 9.97.